The minimum Gasteiger partial charge on any atom is -0.456 e. The summed E-state index contributed by atoms with van der Waals surface area (Å²) in [7, 11) is -4.10. The predicted octanol–water partition coefficient (Wildman–Crippen LogP) is 1.85. The van der Waals surface area contributed by atoms with Crippen molar-refractivity contribution < 1.29 is 46.5 Å². The van der Waals surface area contributed by atoms with E-state index in [2.05, 4.69) is 4.74 Å². The minimum absolute atomic E-state index is 0.0504. The van der Waals surface area contributed by atoms with Crippen LogP contribution in [0.1, 0.15) is 0 Å². The van der Waals surface area contributed by atoms with Crippen LogP contribution in [-0.2, 0) is 9.84 Å². The fourth-order valence-electron chi connectivity index (χ4n) is 2.32. The van der Waals surface area contributed by atoms with E-state index in [1.165, 1.54) is 24.3 Å². The topological polar surface area (TPSA) is 125 Å². The summed E-state index contributed by atoms with van der Waals surface area (Å²) in [5.41, 5.74) is 1.64. The van der Waals surface area contributed by atoms with Gasteiger partial charge in [-0.3, -0.25) is 0 Å². The van der Waals surface area contributed by atoms with Crippen LogP contribution in [0, 0.1) is 0 Å². The number of ether oxygens (including phenoxy) is 2. The Bertz CT molecular complexity index is 904. The first-order valence-electron chi connectivity index (χ1n) is 8.09. The van der Waals surface area contributed by atoms with Crippen LogP contribution in [0.15, 0.2) is 53.4 Å². The number of aliphatic hydroxyl groups is 2. The molecule has 8 nitrogen and oxygen atoms in total. The quantitative estimate of drug-likeness (QED) is 0.438. The Labute approximate surface area is 164 Å². The number of alkyl halides is 3. The Balaban J connectivity index is 2.24. The molecule has 0 aliphatic heterocycles. The molecule has 2 rings (SSSR count). The van der Waals surface area contributed by atoms with E-state index < -0.39 is 46.5 Å². The SMILES string of the molecule is O=S(=O)(C[C@@H](NO)[C@H](O)CO)c1ccccc1Oc1ccc(OC(F)(F)F)cc1. The van der Waals surface area contributed by atoms with Crippen LogP contribution < -0.4 is 15.0 Å². The van der Waals surface area contributed by atoms with Crippen molar-refractivity contribution in [2.75, 3.05) is 12.4 Å². The number of nitrogens with one attached hydrogen (secondary N) is 1. The Morgan fingerprint density at radius 3 is 2.17 bits per heavy atom. The lowest BCUT2D eigenvalue weighted by Crippen LogP contribution is -2.45. The Hall–Kier alpha value is -2.38. The van der Waals surface area contributed by atoms with Gasteiger partial charge in [-0.2, -0.15) is 5.48 Å². The highest BCUT2D eigenvalue weighted by Gasteiger charge is 2.31. The van der Waals surface area contributed by atoms with E-state index in [-0.39, 0.29) is 16.4 Å². The Kier molecular flexibility index (Phi) is 7.43. The molecule has 0 radical (unpaired) electrons. The molecule has 2 atom stereocenters. The predicted molar refractivity (Wildman–Crippen MR) is 93.5 cm³/mol. The Morgan fingerprint density at radius 1 is 1.03 bits per heavy atom. The average molecular weight is 437 g/mol. The molecule has 0 bridgehead atoms. The highest BCUT2D eigenvalue weighted by Crippen LogP contribution is 2.31. The highest BCUT2D eigenvalue weighted by atomic mass is 32.2. The maximum atomic E-state index is 12.7. The summed E-state index contributed by atoms with van der Waals surface area (Å²) in [6, 6.07) is 8.44. The first kappa shape index (κ1) is 22.9. The maximum absolute atomic E-state index is 12.7. The zero-order valence-electron chi connectivity index (χ0n) is 14.7. The van der Waals surface area contributed by atoms with Gasteiger partial charge in [-0.15, -0.1) is 13.2 Å². The molecule has 0 amide bonds. The molecule has 2 aromatic carbocycles. The van der Waals surface area contributed by atoms with Crippen LogP contribution in [-0.4, -0.2) is 54.7 Å². The van der Waals surface area contributed by atoms with Crippen LogP contribution in [0.25, 0.3) is 0 Å². The molecule has 29 heavy (non-hydrogen) atoms. The number of rotatable bonds is 9. The van der Waals surface area contributed by atoms with Gasteiger partial charge in [-0.1, -0.05) is 12.1 Å². The van der Waals surface area contributed by atoms with E-state index in [0.29, 0.717) is 0 Å². The molecule has 0 fully saturated rings. The molecule has 0 aromatic heterocycles. The number of benzene rings is 2. The largest absolute Gasteiger partial charge is 0.573 e. The Morgan fingerprint density at radius 2 is 1.62 bits per heavy atom. The van der Waals surface area contributed by atoms with Gasteiger partial charge in [0.15, 0.2) is 9.84 Å². The van der Waals surface area contributed by atoms with Gasteiger partial charge in [0.2, 0.25) is 0 Å². The summed E-state index contributed by atoms with van der Waals surface area (Å²) >= 11 is 0. The summed E-state index contributed by atoms with van der Waals surface area (Å²) < 4.78 is 71.2. The molecule has 0 heterocycles. The van der Waals surface area contributed by atoms with E-state index in [9.17, 15) is 26.7 Å². The lowest BCUT2D eigenvalue weighted by Gasteiger charge is -2.20. The molecule has 0 aliphatic carbocycles. The first-order chi connectivity index (χ1) is 13.6. The zero-order chi connectivity index (χ0) is 21.7. The number of halogens is 3. The van der Waals surface area contributed by atoms with Gasteiger partial charge in [0, 0.05) is 0 Å². The first-order valence-corrected chi connectivity index (χ1v) is 9.75. The highest BCUT2D eigenvalue weighted by molar-refractivity contribution is 7.91. The lowest BCUT2D eigenvalue weighted by atomic mass is 10.2. The van der Waals surface area contributed by atoms with Crippen molar-refractivity contribution in [3.05, 3.63) is 48.5 Å². The van der Waals surface area contributed by atoms with Crippen molar-refractivity contribution in [2.24, 2.45) is 0 Å². The van der Waals surface area contributed by atoms with Crippen LogP contribution >= 0.6 is 0 Å². The number of para-hydroxylation sites is 1. The summed E-state index contributed by atoms with van der Waals surface area (Å²) in [5.74, 6) is -1.30. The number of sulfone groups is 1. The van der Waals surface area contributed by atoms with Gasteiger partial charge in [-0.25, -0.2) is 8.42 Å². The van der Waals surface area contributed by atoms with Gasteiger partial charge in [-0.05, 0) is 36.4 Å². The molecule has 2 aromatic rings. The zero-order valence-corrected chi connectivity index (χ0v) is 15.5. The second-order valence-corrected chi connectivity index (χ2v) is 7.84. The standard InChI is InChI=1S/C17H18F3NO7S/c18-17(19,20)28-12-7-5-11(6-8-12)27-15-3-1-2-4-16(15)29(25,26)10-13(21-24)14(23)9-22/h1-8,13-14,21-24H,9-10H2/t13-,14-/m1/s1. The number of hydrogen-bond donors (Lipinski definition) is 4. The minimum atomic E-state index is -4.85. The van der Waals surface area contributed by atoms with Crippen molar-refractivity contribution in [3.8, 4) is 17.2 Å². The lowest BCUT2D eigenvalue weighted by molar-refractivity contribution is -0.274. The summed E-state index contributed by atoms with van der Waals surface area (Å²) in [5, 5.41) is 27.6. The molecular formula is C17H18F3NO7S. The van der Waals surface area contributed by atoms with Gasteiger partial charge < -0.3 is 24.9 Å². The van der Waals surface area contributed by atoms with Gasteiger partial charge in [0.25, 0.3) is 0 Å². The van der Waals surface area contributed by atoms with Crippen molar-refractivity contribution in [1.82, 2.24) is 5.48 Å². The third kappa shape index (κ3) is 6.58. The molecule has 0 saturated carbocycles. The van der Waals surface area contributed by atoms with Crippen molar-refractivity contribution in [3.63, 3.8) is 0 Å². The molecule has 4 N–H and O–H groups in total. The van der Waals surface area contributed by atoms with E-state index in [1.54, 1.807) is 5.48 Å². The monoisotopic (exact) mass is 437 g/mol. The molecule has 0 aliphatic rings. The van der Waals surface area contributed by atoms with Crippen LogP contribution in [0.3, 0.4) is 0 Å². The van der Waals surface area contributed by atoms with Crippen LogP contribution in [0.4, 0.5) is 13.2 Å². The average Bonchev–Trinajstić information content (AvgIpc) is 2.66. The normalized spacial score (nSPS) is 14.3. The fourth-order valence-corrected chi connectivity index (χ4v) is 3.97. The third-order valence-corrected chi connectivity index (χ3v) is 5.49. The summed E-state index contributed by atoms with van der Waals surface area (Å²) in [6.07, 6.45) is -6.39. The van der Waals surface area contributed by atoms with Crippen molar-refractivity contribution >= 4 is 9.84 Å². The molecule has 0 unspecified atom stereocenters. The molecule has 0 saturated heterocycles. The number of hydrogen-bond acceptors (Lipinski definition) is 8. The third-order valence-electron chi connectivity index (χ3n) is 3.69. The molecule has 0 spiro atoms. The van der Waals surface area contributed by atoms with E-state index >= 15 is 0 Å². The van der Waals surface area contributed by atoms with E-state index in [4.69, 9.17) is 15.1 Å². The molecular weight excluding hydrogens is 419 g/mol. The maximum Gasteiger partial charge on any atom is 0.573 e. The van der Waals surface area contributed by atoms with Crippen LogP contribution in [0.2, 0.25) is 0 Å². The second-order valence-electron chi connectivity index (χ2n) is 5.83. The van der Waals surface area contributed by atoms with Gasteiger partial charge >= 0.3 is 6.36 Å². The second kappa shape index (κ2) is 9.41. The van der Waals surface area contributed by atoms with E-state index in [1.807, 2.05) is 0 Å². The number of hydroxylamine groups is 1. The van der Waals surface area contributed by atoms with Gasteiger partial charge in [0.1, 0.15) is 22.1 Å². The van der Waals surface area contributed by atoms with E-state index in [0.717, 1.165) is 24.3 Å². The molecule has 12 heteroatoms. The summed E-state index contributed by atoms with van der Waals surface area (Å²) in [6.45, 7) is -0.780. The smallest absolute Gasteiger partial charge is 0.456 e. The van der Waals surface area contributed by atoms with Crippen LogP contribution in [0.5, 0.6) is 17.2 Å². The fraction of sp³-hybridized carbons (Fsp3) is 0.294. The molecule has 160 valence electrons. The summed E-state index contributed by atoms with van der Waals surface area (Å²) in [4.78, 5) is -0.277. The number of aliphatic hydroxyl groups excluding tert-OH is 2. The van der Waals surface area contributed by atoms with Gasteiger partial charge in [0.05, 0.1) is 24.5 Å². The van der Waals surface area contributed by atoms with Crippen molar-refractivity contribution in [1.29, 1.82) is 0 Å². The van der Waals surface area contributed by atoms with Crippen molar-refractivity contribution in [2.45, 2.75) is 23.4 Å².